The van der Waals surface area contributed by atoms with Crippen molar-refractivity contribution < 1.29 is 34.5 Å². The summed E-state index contributed by atoms with van der Waals surface area (Å²) >= 11 is 0. The zero-order valence-electron chi connectivity index (χ0n) is 14.0. The number of hydrogen-bond acceptors (Lipinski definition) is 7. The fourth-order valence-electron chi connectivity index (χ4n) is 2.58. The molecule has 0 saturated heterocycles. The van der Waals surface area contributed by atoms with Gasteiger partial charge in [-0.25, -0.2) is 9.59 Å². The van der Waals surface area contributed by atoms with Gasteiger partial charge in [0.2, 0.25) is 0 Å². The number of fused-ring (bicyclic) bond motifs is 2. The molecule has 0 spiro atoms. The van der Waals surface area contributed by atoms with Crippen LogP contribution in [-0.4, -0.2) is 11.9 Å². The van der Waals surface area contributed by atoms with Gasteiger partial charge in [0.25, 0.3) is 0 Å². The molecule has 2 bridgehead atoms. The molecule has 1 aliphatic rings. The standard InChI is InChI=1S/C16H20O7/c1-15(2,3)10-8-7-9-12(16(4,5)6)11(10)14(18)20-22-23-21-19-13(9)17/h7-8H,1-6H3. The smallest absolute Gasteiger partial charge is 0.261 e. The highest BCUT2D eigenvalue weighted by atomic mass is 17.8. The van der Waals surface area contributed by atoms with Gasteiger partial charge in [0.15, 0.2) is 0 Å². The van der Waals surface area contributed by atoms with Crippen LogP contribution in [0.1, 0.15) is 73.4 Å². The van der Waals surface area contributed by atoms with Gasteiger partial charge in [0.1, 0.15) is 0 Å². The van der Waals surface area contributed by atoms with Gasteiger partial charge in [-0.05, 0) is 28.0 Å². The van der Waals surface area contributed by atoms with Crippen molar-refractivity contribution in [1.82, 2.24) is 0 Å². The molecule has 1 heterocycles. The van der Waals surface area contributed by atoms with E-state index in [2.05, 4.69) is 24.9 Å². The Kier molecular flexibility index (Phi) is 4.48. The largest absolute Gasteiger partial charge is 0.377 e. The molecule has 0 radical (unpaired) electrons. The highest BCUT2D eigenvalue weighted by molar-refractivity contribution is 5.99. The molecule has 0 aliphatic carbocycles. The minimum atomic E-state index is -0.796. The first-order valence-corrected chi connectivity index (χ1v) is 7.14. The van der Waals surface area contributed by atoms with E-state index in [1.807, 2.05) is 41.5 Å². The Labute approximate surface area is 134 Å². The van der Waals surface area contributed by atoms with E-state index in [-0.39, 0.29) is 16.5 Å². The zero-order chi connectivity index (χ0) is 17.4. The third kappa shape index (κ3) is 3.52. The second kappa shape index (κ2) is 5.92. The van der Waals surface area contributed by atoms with E-state index in [9.17, 15) is 9.59 Å². The average Bonchev–Trinajstić information content (AvgIpc) is 2.42. The summed E-state index contributed by atoms with van der Waals surface area (Å²) in [6.07, 6.45) is 0. The summed E-state index contributed by atoms with van der Waals surface area (Å²) in [5, 5.41) is 12.2. The van der Waals surface area contributed by atoms with Crippen LogP contribution in [0.2, 0.25) is 0 Å². The van der Waals surface area contributed by atoms with Crippen LogP contribution < -0.4 is 0 Å². The van der Waals surface area contributed by atoms with Crippen LogP contribution in [0.5, 0.6) is 0 Å². The van der Waals surface area contributed by atoms with Crippen molar-refractivity contribution in [2.24, 2.45) is 0 Å². The second-order valence-electron chi connectivity index (χ2n) is 7.36. The number of carbonyl (C=O) groups is 2. The van der Waals surface area contributed by atoms with Crippen molar-refractivity contribution in [2.75, 3.05) is 0 Å². The molecule has 0 fully saturated rings. The minimum absolute atomic E-state index is 0.197. The molecule has 0 aromatic heterocycles. The lowest BCUT2D eigenvalue weighted by molar-refractivity contribution is -0.684. The molecule has 7 nitrogen and oxygen atoms in total. The van der Waals surface area contributed by atoms with Gasteiger partial charge in [-0.2, -0.15) is 0 Å². The van der Waals surface area contributed by atoms with Crippen molar-refractivity contribution >= 4 is 11.9 Å². The van der Waals surface area contributed by atoms with Gasteiger partial charge in [-0.1, -0.05) is 47.6 Å². The fraction of sp³-hybridized carbons (Fsp3) is 0.500. The van der Waals surface area contributed by atoms with Crippen molar-refractivity contribution in [3.8, 4) is 0 Å². The molecule has 0 amide bonds. The molecule has 0 atom stereocenters. The third-order valence-corrected chi connectivity index (χ3v) is 3.46. The highest BCUT2D eigenvalue weighted by Gasteiger charge is 2.35. The lowest BCUT2D eigenvalue weighted by atomic mass is 9.74. The second-order valence-corrected chi connectivity index (χ2v) is 7.36. The SMILES string of the molecule is CC(C)(C)c1ccc2c(C(C)(C)C)c1C(=O)OOOOOC2=O. The third-order valence-electron chi connectivity index (χ3n) is 3.46. The van der Waals surface area contributed by atoms with E-state index in [0.29, 0.717) is 11.1 Å². The Morgan fingerprint density at radius 1 is 0.739 bits per heavy atom. The van der Waals surface area contributed by atoms with Crippen molar-refractivity contribution in [1.29, 1.82) is 0 Å². The summed E-state index contributed by atoms with van der Waals surface area (Å²) in [6.45, 7) is 11.5. The van der Waals surface area contributed by atoms with Crippen LogP contribution in [0.4, 0.5) is 0 Å². The maximum Gasteiger partial charge on any atom is 0.377 e. The number of rotatable bonds is 0. The molecule has 0 N–H and O–H groups in total. The predicted octanol–water partition coefficient (Wildman–Crippen LogP) is 3.32. The quantitative estimate of drug-likeness (QED) is 0.677. The van der Waals surface area contributed by atoms with Crippen molar-refractivity contribution in [3.05, 3.63) is 34.4 Å². The number of benzene rings is 1. The fourth-order valence-corrected chi connectivity index (χ4v) is 2.58. The minimum Gasteiger partial charge on any atom is -0.261 e. The summed E-state index contributed by atoms with van der Waals surface area (Å²) in [7, 11) is 0. The molecule has 1 aliphatic heterocycles. The van der Waals surface area contributed by atoms with Gasteiger partial charge < -0.3 is 0 Å². The van der Waals surface area contributed by atoms with E-state index < -0.39 is 17.4 Å². The maximum atomic E-state index is 12.5. The number of carbonyl (C=O) groups excluding carboxylic acids is 2. The Morgan fingerprint density at radius 2 is 1.30 bits per heavy atom. The van der Waals surface area contributed by atoms with E-state index in [0.717, 1.165) is 0 Å². The van der Waals surface area contributed by atoms with Crippen molar-refractivity contribution in [3.63, 3.8) is 0 Å². The predicted molar refractivity (Wildman–Crippen MR) is 77.9 cm³/mol. The zero-order valence-corrected chi connectivity index (χ0v) is 14.0. The van der Waals surface area contributed by atoms with E-state index in [1.54, 1.807) is 12.1 Å². The van der Waals surface area contributed by atoms with Crippen LogP contribution in [0.15, 0.2) is 12.1 Å². The van der Waals surface area contributed by atoms with Crippen LogP contribution >= 0.6 is 0 Å². The van der Waals surface area contributed by atoms with Crippen molar-refractivity contribution in [2.45, 2.75) is 52.4 Å². The molecule has 0 unspecified atom stereocenters. The van der Waals surface area contributed by atoms with Crippen LogP contribution in [0.25, 0.3) is 0 Å². The monoisotopic (exact) mass is 324 g/mol. The normalized spacial score (nSPS) is 16.6. The van der Waals surface area contributed by atoms with Crippen LogP contribution in [-0.2, 0) is 35.7 Å². The molecule has 1 aromatic rings. The first kappa shape index (κ1) is 17.4. The molecule has 2 rings (SSSR count). The highest BCUT2D eigenvalue weighted by Crippen LogP contribution is 2.37. The first-order valence-electron chi connectivity index (χ1n) is 7.14. The van der Waals surface area contributed by atoms with Gasteiger partial charge in [0, 0.05) is 15.1 Å². The molecule has 126 valence electrons. The average molecular weight is 324 g/mol. The van der Waals surface area contributed by atoms with Gasteiger partial charge in [-0.15, -0.1) is 0 Å². The summed E-state index contributed by atoms with van der Waals surface area (Å²) in [4.78, 5) is 33.8. The Morgan fingerprint density at radius 3 is 1.83 bits per heavy atom. The lowest BCUT2D eigenvalue weighted by Gasteiger charge is -2.30. The Hall–Kier alpha value is -1.96. The first-order chi connectivity index (χ1) is 10.5. The summed E-state index contributed by atoms with van der Waals surface area (Å²) in [6, 6.07) is 3.30. The lowest BCUT2D eigenvalue weighted by Crippen LogP contribution is -2.29. The Bertz CT molecular complexity index is 635. The van der Waals surface area contributed by atoms with Gasteiger partial charge in [0.05, 0.1) is 11.1 Å². The van der Waals surface area contributed by atoms with Crippen LogP contribution in [0, 0.1) is 0 Å². The number of hydrogen-bond donors (Lipinski definition) is 0. The maximum absolute atomic E-state index is 12.5. The molecule has 1 aromatic carbocycles. The van der Waals surface area contributed by atoms with Gasteiger partial charge in [-0.3, -0.25) is 9.78 Å². The van der Waals surface area contributed by atoms with E-state index in [1.165, 1.54) is 0 Å². The van der Waals surface area contributed by atoms with Crippen LogP contribution in [0.3, 0.4) is 0 Å². The summed E-state index contributed by atoms with van der Waals surface area (Å²) < 4.78 is 0. The Balaban J connectivity index is 2.85. The molecule has 0 saturated carbocycles. The van der Waals surface area contributed by atoms with Gasteiger partial charge >= 0.3 is 11.9 Å². The topological polar surface area (TPSA) is 80.3 Å². The molecular formula is C16H20O7. The molecule has 23 heavy (non-hydrogen) atoms. The summed E-state index contributed by atoms with van der Waals surface area (Å²) in [5.74, 6) is -1.57. The molecular weight excluding hydrogens is 304 g/mol. The van der Waals surface area contributed by atoms with E-state index >= 15 is 0 Å². The molecule has 7 heteroatoms. The summed E-state index contributed by atoms with van der Waals surface area (Å²) in [5.41, 5.74) is 0.762. The van der Waals surface area contributed by atoms with E-state index in [4.69, 9.17) is 0 Å².